The van der Waals surface area contributed by atoms with Gasteiger partial charge in [-0.15, -0.1) is 0 Å². The van der Waals surface area contributed by atoms with Gasteiger partial charge in [0.05, 0.1) is 16.3 Å². The van der Waals surface area contributed by atoms with Crippen molar-refractivity contribution in [3.63, 3.8) is 0 Å². The van der Waals surface area contributed by atoms with E-state index in [-0.39, 0.29) is 39.1 Å². The second-order valence-corrected chi connectivity index (χ2v) is 8.67. The molecule has 149 valence electrons. The van der Waals surface area contributed by atoms with E-state index in [0.717, 1.165) is 34.9 Å². The van der Waals surface area contributed by atoms with Crippen LogP contribution >= 0.6 is 0 Å². The molecule has 0 aliphatic heterocycles. The molecule has 3 aromatic rings. The Bertz CT molecular complexity index is 1200. The SMILES string of the molecule is Cc1cc(C)c2c([O-])c(N=Nc3cc(S(C)(=O)=O)ccc3[O-])c(C)cc2c1.[Cu+2]. The molecule has 0 N–H and O–H groups in total. The van der Waals surface area contributed by atoms with Crippen LogP contribution in [0.1, 0.15) is 16.7 Å². The van der Waals surface area contributed by atoms with E-state index >= 15 is 0 Å². The predicted octanol–water partition coefficient (Wildman–Crippen LogP) is 3.73. The fourth-order valence-electron chi connectivity index (χ4n) is 3.06. The average Bonchev–Trinajstić information content (AvgIpc) is 2.54. The summed E-state index contributed by atoms with van der Waals surface area (Å²) in [5, 5.41) is 34.1. The quantitative estimate of drug-likeness (QED) is 0.452. The molecular weight excluding hydrogens is 428 g/mol. The summed E-state index contributed by atoms with van der Waals surface area (Å²) in [6.07, 6.45) is 1.04. The van der Waals surface area contributed by atoms with Crippen LogP contribution in [0.5, 0.6) is 11.5 Å². The zero-order valence-electron chi connectivity index (χ0n) is 15.7. The van der Waals surface area contributed by atoms with Crippen LogP contribution in [0, 0.1) is 20.8 Å². The normalized spacial score (nSPS) is 11.7. The van der Waals surface area contributed by atoms with E-state index in [2.05, 4.69) is 10.2 Å². The molecule has 6 nitrogen and oxygen atoms in total. The van der Waals surface area contributed by atoms with Gasteiger partial charge in [0.15, 0.2) is 9.84 Å². The van der Waals surface area contributed by atoms with E-state index in [1.807, 2.05) is 32.0 Å². The van der Waals surface area contributed by atoms with Gasteiger partial charge in [0.2, 0.25) is 0 Å². The molecule has 1 radical (unpaired) electrons. The zero-order valence-corrected chi connectivity index (χ0v) is 17.5. The van der Waals surface area contributed by atoms with Crippen LogP contribution in [0.25, 0.3) is 10.8 Å². The van der Waals surface area contributed by atoms with Crippen LogP contribution in [0.15, 0.2) is 51.5 Å². The Hall–Kier alpha value is -2.41. The van der Waals surface area contributed by atoms with Crippen molar-refractivity contribution in [3.8, 4) is 11.5 Å². The van der Waals surface area contributed by atoms with E-state index in [4.69, 9.17) is 0 Å². The Kier molecular flexibility index (Phi) is 6.18. The minimum Gasteiger partial charge on any atom is -0.871 e. The van der Waals surface area contributed by atoms with Gasteiger partial charge < -0.3 is 10.2 Å². The van der Waals surface area contributed by atoms with Gasteiger partial charge in [0.25, 0.3) is 0 Å². The number of rotatable bonds is 3. The van der Waals surface area contributed by atoms with Crippen LogP contribution < -0.4 is 10.2 Å². The maximum atomic E-state index is 12.9. The first-order valence-corrected chi connectivity index (χ1v) is 10.1. The van der Waals surface area contributed by atoms with E-state index in [1.165, 1.54) is 6.07 Å². The summed E-state index contributed by atoms with van der Waals surface area (Å²) in [5.74, 6) is -0.734. The van der Waals surface area contributed by atoms with E-state index < -0.39 is 15.6 Å². The van der Waals surface area contributed by atoms with Crippen molar-refractivity contribution in [2.45, 2.75) is 25.7 Å². The molecule has 0 saturated heterocycles. The zero-order chi connectivity index (χ0) is 19.9. The van der Waals surface area contributed by atoms with Crippen molar-refractivity contribution < 1.29 is 35.7 Å². The van der Waals surface area contributed by atoms with Crippen LogP contribution in [0.2, 0.25) is 0 Å². The first-order valence-electron chi connectivity index (χ1n) is 8.22. The van der Waals surface area contributed by atoms with E-state index in [1.54, 1.807) is 6.92 Å². The fourth-order valence-corrected chi connectivity index (χ4v) is 3.70. The molecule has 0 heterocycles. The molecule has 3 rings (SSSR count). The van der Waals surface area contributed by atoms with Gasteiger partial charge in [-0.25, -0.2) is 8.42 Å². The second-order valence-electron chi connectivity index (χ2n) is 6.65. The third kappa shape index (κ3) is 4.19. The molecule has 0 aliphatic carbocycles. The molecule has 3 aromatic carbocycles. The van der Waals surface area contributed by atoms with Crippen molar-refractivity contribution in [1.29, 1.82) is 0 Å². The first-order chi connectivity index (χ1) is 12.6. The molecule has 0 aromatic heterocycles. The minimum absolute atomic E-state index is 0. The molecule has 0 saturated carbocycles. The summed E-state index contributed by atoms with van der Waals surface area (Å²) in [5.41, 5.74) is 2.54. The van der Waals surface area contributed by atoms with Gasteiger partial charge in [0.1, 0.15) is 0 Å². The van der Waals surface area contributed by atoms with E-state index in [0.29, 0.717) is 10.9 Å². The molecule has 0 unspecified atom stereocenters. The first kappa shape index (κ1) is 21.9. The minimum atomic E-state index is -3.48. The van der Waals surface area contributed by atoms with Gasteiger partial charge in [-0.2, -0.15) is 10.2 Å². The van der Waals surface area contributed by atoms with Gasteiger partial charge >= 0.3 is 17.1 Å². The summed E-state index contributed by atoms with van der Waals surface area (Å²) in [4.78, 5) is -0.0278. The Labute approximate surface area is 174 Å². The molecule has 0 atom stereocenters. The van der Waals surface area contributed by atoms with Crippen LogP contribution in [-0.2, 0) is 26.9 Å². The third-order valence-electron chi connectivity index (χ3n) is 4.31. The third-order valence-corrected chi connectivity index (χ3v) is 5.42. The van der Waals surface area contributed by atoms with Gasteiger partial charge in [-0.3, -0.25) is 0 Å². The predicted molar refractivity (Wildman–Crippen MR) is 101 cm³/mol. The van der Waals surface area contributed by atoms with Gasteiger partial charge in [-0.05, 0) is 60.9 Å². The number of azo groups is 1. The Balaban J connectivity index is 0.00000280. The molecule has 0 amide bonds. The van der Waals surface area contributed by atoms with Crippen LogP contribution in [0.4, 0.5) is 11.4 Å². The number of benzene rings is 3. The maximum absolute atomic E-state index is 12.9. The standard InChI is InChI=1S/C20H20N2O4S.Cu/c1-11-7-12(2)18-14(8-11)9-13(3)19(20(18)24)22-21-16-10-15(27(4,25)26)5-6-17(16)23;/h5-10,23-24H,1-4H3;/q;+2/p-2. The largest absolute Gasteiger partial charge is 2.00 e. The second kappa shape index (κ2) is 7.91. The summed E-state index contributed by atoms with van der Waals surface area (Å²) in [6.45, 7) is 5.57. The van der Waals surface area contributed by atoms with Crippen molar-refractivity contribution in [3.05, 3.63) is 53.1 Å². The van der Waals surface area contributed by atoms with Crippen molar-refractivity contribution in [1.82, 2.24) is 0 Å². The summed E-state index contributed by atoms with van der Waals surface area (Å²) >= 11 is 0. The molecule has 8 heteroatoms. The number of hydrogen-bond acceptors (Lipinski definition) is 6. The maximum Gasteiger partial charge on any atom is 2.00 e. The Morgan fingerprint density at radius 1 is 0.893 bits per heavy atom. The number of aryl methyl sites for hydroxylation is 3. The molecule has 28 heavy (non-hydrogen) atoms. The number of sulfone groups is 1. The van der Waals surface area contributed by atoms with Gasteiger partial charge in [0, 0.05) is 6.26 Å². The molecular formula is C20H18CuN2O4S. The topological polar surface area (TPSA) is 105 Å². The van der Waals surface area contributed by atoms with Crippen LogP contribution in [0.3, 0.4) is 0 Å². The monoisotopic (exact) mass is 445 g/mol. The Morgan fingerprint density at radius 2 is 1.57 bits per heavy atom. The summed E-state index contributed by atoms with van der Waals surface area (Å²) in [7, 11) is -3.48. The number of fused-ring (bicyclic) bond motifs is 1. The van der Waals surface area contributed by atoms with Crippen molar-refractivity contribution >= 4 is 32.0 Å². The number of nitrogens with zero attached hydrogens (tertiary/aromatic N) is 2. The van der Waals surface area contributed by atoms with Crippen molar-refractivity contribution in [2.75, 3.05) is 6.26 Å². The molecule has 0 fully saturated rings. The van der Waals surface area contributed by atoms with E-state index in [9.17, 15) is 18.6 Å². The molecule has 0 aliphatic rings. The smallest absolute Gasteiger partial charge is 0.871 e. The summed E-state index contributed by atoms with van der Waals surface area (Å²) < 4.78 is 23.3. The molecule has 0 spiro atoms. The van der Waals surface area contributed by atoms with Gasteiger partial charge in [-0.1, -0.05) is 35.3 Å². The summed E-state index contributed by atoms with van der Waals surface area (Å²) in [6, 6.07) is 9.23. The molecule has 0 bridgehead atoms. The fraction of sp³-hybridized carbons (Fsp3) is 0.200. The van der Waals surface area contributed by atoms with Crippen molar-refractivity contribution in [2.24, 2.45) is 10.2 Å². The number of hydrogen-bond donors (Lipinski definition) is 0. The average molecular weight is 446 g/mol. The Morgan fingerprint density at radius 3 is 2.21 bits per heavy atom. The van der Waals surface area contributed by atoms with Crippen LogP contribution in [-0.4, -0.2) is 14.7 Å².